The van der Waals surface area contributed by atoms with Crippen LogP contribution in [0.25, 0.3) is 0 Å². The molecule has 0 aliphatic heterocycles. The Kier molecular flexibility index (Phi) is 8.54. The lowest BCUT2D eigenvalue weighted by Crippen LogP contribution is -2.22. The van der Waals surface area contributed by atoms with Gasteiger partial charge in [0.15, 0.2) is 0 Å². The van der Waals surface area contributed by atoms with Gasteiger partial charge in [-0.2, -0.15) is 8.42 Å². The van der Waals surface area contributed by atoms with E-state index in [1.807, 2.05) is 66.7 Å². The largest absolute Gasteiger partial charge is 0.488 e. The summed E-state index contributed by atoms with van der Waals surface area (Å²) in [6, 6.07) is 32.5. The van der Waals surface area contributed by atoms with E-state index in [-0.39, 0.29) is 17.9 Å². The molecule has 0 spiro atoms. The third-order valence-electron chi connectivity index (χ3n) is 5.88. The molecule has 0 aliphatic carbocycles. The van der Waals surface area contributed by atoms with Gasteiger partial charge in [-0.05, 0) is 40.8 Å². The van der Waals surface area contributed by atoms with E-state index < -0.39 is 16.2 Å². The third-order valence-corrected chi connectivity index (χ3v) is 7.32. The lowest BCUT2D eigenvalue weighted by atomic mass is 9.98. The van der Waals surface area contributed by atoms with Crippen LogP contribution in [0.1, 0.15) is 27.8 Å². The van der Waals surface area contributed by atoms with E-state index >= 15 is 0 Å². The second-order valence-electron chi connectivity index (χ2n) is 8.70. The van der Waals surface area contributed by atoms with Crippen LogP contribution in [0.2, 0.25) is 0 Å². The number of hydrogen-bond donors (Lipinski definition) is 1. The fourth-order valence-corrected chi connectivity index (χ4v) is 5.22. The monoisotopic (exact) mass is 502 g/mol. The Balaban J connectivity index is 1.52. The van der Waals surface area contributed by atoms with Crippen LogP contribution in [0, 0.1) is 6.92 Å². The molecule has 0 bridgehead atoms. The Morgan fingerprint density at radius 2 is 1.36 bits per heavy atom. The SMILES string of the molecule is Cc1ccccc1S(=O)(=O)OCC(O)Cc1cccc(Cc2ccccc2)c1OCc1ccccc1. The molecular weight excluding hydrogens is 472 g/mol. The second-order valence-corrected chi connectivity index (χ2v) is 10.3. The van der Waals surface area contributed by atoms with Gasteiger partial charge in [-0.15, -0.1) is 0 Å². The first kappa shape index (κ1) is 25.6. The van der Waals surface area contributed by atoms with Gasteiger partial charge in [0.25, 0.3) is 10.1 Å². The van der Waals surface area contributed by atoms with Crippen LogP contribution in [-0.2, 0) is 33.7 Å². The summed E-state index contributed by atoms with van der Waals surface area (Å²) in [7, 11) is -3.97. The normalized spacial score (nSPS) is 12.3. The molecular formula is C30H30O5S. The molecule has 4 rings (SSSR count). The highest BCUT2D eigenvalue weighted by Crippen LogP contribution is 2.29. The number of para-hydroxylation sites is 1. The van der Waals surface area contributed by atoms with Gasteiger partial charge in [-0.25, -0.2) is 0 Å². The average molecular weight is 503 g/mol. The van der Waals surface area contributed by atoms with Crippen LogP contribution in [0.3, 0.4) is 0 Å². The quantitative estimate of drug-likeness (QED) is 0.275. The molecule has 0 fully saturated rings. The van der Waals surface area contributed by atoms with Gasteiger partial charge in [0.2, 0.25) is 0 Å². The van der Waals surface area contributed by atoms with Crippen molar-refractivity contribution in [1.82, 2.24) is 0 Å². The number of aliphatic hydroxyl groups is 1. The summed E-state index contributed by atoms with van der Waals surface area (Å²) in [4.78, 5) is 0.106. The maximum atomic E-state index is 12.6. The summed E-state index contributed by atoms with van der Waals surface area (Å²) < 4.78 is 36.8. The van der Waals surface area contributed by atoms with Crippen molar-refractivity contribution in [3.05, 3.63) is 131 Å². The zero-order valence-electron chi connectivity index (χ0n) is 20.2. The topological polar surface area (TPSA) is 72.8 Å². The van der Waals surface area contributed by atoms with Gasteiger partial charge in [0, 0.05) is 12.8 Å². The minimum absolute atomic E-state index is 0.106. The molecule has 0 radical (unpaired) electrons. The van der Waals surface area contributed by atoms with E-state index in [0.29, 0.717) is 24.3 Å². The first-order valence-electron chi connectivity index (χ1n) is 11.9. The minimum Gasteiger partial charge on any atom is -0.488 e. The van der Waals surface area contributed by atoms with Gasteiger partial charge in [0.05, 0.1) is 17.6 Å². The fraction of sp³-hybridized carbons (Fsp3) is 0.200. The van der Waals surface area contributed by atoms with Crippen LogP contribution in [0.5, 0.6) is 5.75 Å². The number of aliphatic hydroxyl groups excluding tert-OH is 1. The van der Waals surface area contributed by atoms with Crippen molar-refractivity contribution in [3.63, 3.8) is 0 Å². The van der Waals surface area contributed by atoms with Gasteiger partial charge in [-0.3, -0.25) is 4.18 Å². The van der Waals surface area contributed by atoms with Crippen LogP contribution >= 0.6 is 0 Å². The maximum absolute atomic E-state index is 12.6. The predicted molar refractivity (Wildman–Crippen MR) is 140 cm³/mol. The summed E-state index contributed by atoms with van der Waals surface area (Å²) in [5, 5.41) is 10.7. The van der Waals surface area contributed by atoms with Crippen LogP contribution in [0.15, 0.2) is 108 Å². The Labute approximate surface area is 213 Å². The molecule has 5 nitrogen and oxygen atoms in total. The first-order valence-corrected chi connectivity index (χ1v) is 13.3. The fourth-order valence-electron chi connectivity index (χ4n) is 4.05. The van der Waals surface area contributed by atoms with Crippen molar-refractivity contribution in [3.8, 4) is 5.75 Å². The molecule has 6 heteroatoms. The van der Waals surface area contributed by atoms with Gasteiger partial charge in [-0.1, -0.05) is 97.1 Å². The summed E-state index contributed by atoms with van der Waals surface area (Å²) >= 11 is 0. The first-order chi connectivity index (χ1) is 17.4. The van der Waals surface area contributed by atoms with E-state index in [2.05, 4.69) is 12.1 Å². The highest BCUT2D eigenvalue weighted by Gasteiger charge is 2.21. The number of ether oxygens (including phenoxy) is 1. The predicted octanol–water partition coefficient (Wildman–Crippen LogP) is 5.47. The van der Waals surface area contributed by atoms with Crippen LogP contribution in [0.4, 0.5) is 0 Å². The number of rotatable bonds is 11. The van der Waals surface area contributed by atoms with Crippen LogP contribution < -0.4 is 4.74 Å². The number of hydrogen-bond acceptors (Lipinski definition) is 5. The lowest BCUT2D eigenvalue weighted by Gasteiger charge is -2.19. The standard InChI is InChI=1S/C30H30O5S/c1-23-11-8-9-18-29(23)36(32,33)35-22-28(31)20-27-17-10-16-26(19-24-12-4-2-5-13-24)30(27)34-21-25-14-6-3-7-15-25/h2-18,28,31H,19-22H2,1H3. The van der Waals surface area contributed by atoms with E-state index in [4.69, 9.17) is 8.92 Å². The molecule has 4 aromatic carbocycles. The van der Waals surface area contributed by atoms with Gasteiger partial charge in [0.1, 0.15) is 12.4 Å². The zero-order valence-corrected chi connectivity index (χ0v) is 21.0. The molecule has 0 saturated carbocycles. The maximum Gasteiger partial charge on any atom is 0.297 e. The van der Waals surface area contributed by atoms with Crippen molar-refractivity contribution < 1.29 is 22.4 Å². The van der Waals surface area contributed by atoms with Crippen molar-refractivity contribution >= 4 is 10.1 Å². The highest BCUT2D eigenvalue weighted by molar-refractivity contribution is 7.86. The molecule has 36 heavy (non-hydrogen) atoms. The smallest absolute Gasteiger partial charge is 0.297 e. The molecule has 0 saturated heterocycles. The van der Waals surface area contributed by atoms with Crippen molar-refractivity contribution in [2.45, 2.75) is 37.4 Å². The third kappa shape index (κ3) is 6.82. The molecule has 1 atom stereocenters. The number of aryl methyl sites for hydroxylation is 1. The Morgan fingerprint density at radius 3 is 2.06 bits per heavy atom. The second kappa shape index (κ2) is 12.0. The highest BCUT2D eigenvalue weighted by atomic mass is 32.2. The molecule has 0 aliphatic rings. The van der Waals surface area contributed by atoms with Gasteiger partial charge < -0.3 is 9.84 Å². The minimum atomic E-state index is -3.97. The van der Waals surface area contributed by atoms with Gasteiger partial charge >= 0.3 is 0 Å². The zero-order chi connectivity index (χ0) is 25.4. The number of benzene rings is 4. The Morgan fingerprint density at radius 1 is 0.750 bits per heavy atom. The van der Waals surface area contributed by atoms with E-state index in [1.165, 1.54) is 6.07 Å². The summed E-state index contributed by atoms with van der Waals surface area (Å²) in [6.45, 7) is 1.74. The van der Waals surface area contributed by atoms with Crippen molar-refractivity contribution in [1.29, 1.82) is 0 Å². The molecule has 0 heterocycles. The summed E-state index contributed by atoms with van der Waals surface area (Å²) in [5.41, 5.74) is 4.56. The van der Waals surface area contributed by atoms with Crippen LogP contribution in [-0.4, -0.2) is 26.2 Å². The molecule has 186 valence electrons. The Bertz CT molecular complexity index is 1370. The lowest BCUT2D eigenvalue weighted by molar-refractivity contribution is 0.110. The summed E-state index contributed by atoms with van der Waals surface area (Å²) in [5.74, 6) is 0.700. The van der Waals surface area contributed by atoms with Crippen molar-refractivity contribution in [2.24, 2.45) is 0 Å². The van der Waals surface area contributed by atoms with E-state index in [1.54, 1.807) is 25.1 Å². The molecule has 1 N–H and O–H groups in total. The molecule has 0 amide bonds. The van der Waals surface area contributed by atoms with E-state index in [9.17, 15) is 13.5 Å². The molecule has 4 aromatic rings. The van der Waals surface area contributed by atoms with E-state index in [0.717, 1.165) is 22.3 Å². The Hall–Kier alpha value is -3.45. The molecule has 1 unspecified atom stereocenters. The average Bonchev–Trinajstić information content (AvgIpc) is 2.88. The molecule has 0 aromatic heterocycles. The summed E-state index contributed by atoms with van der Waals surface area (Å²) in [6.07, 6.45) is -0.168. The van der Waals surface area contributed by atoms with Crippen molar-refractivity contribution in [2.75, 3.05) is 6.61 Å².